The van der Waals surface area contributed by atoms with Gasteiger partial charge in [-0.3, -0.25) is 4.57 Å². The van der Waals surface area contributed by atoms with Crippen molar-refractivity contribution in [2.75, 3.05) is 13.1 Å². The molecule has 1 aromatic heterocycles. The quantitative estimate of drug-likeness (QED) is 0.927. The molecule has 0 amide bonds. The van der Waals surface area contributed by atoms with Crippen molar-refractivity contribution in [3.63, 3.8) is 0 Å². The first-order valence-corrected chi connectivity index (χ1v) is 8.10. The van der Waals surface area contributed by atoms with Crippen molar-refractivity contribution in [2.24, 2.45) is 0 Å². The Balaban J connectivity index is 1.95. The first-order valence-electron chi connectivity index (χ1n) is 8.10. The number of rotatable bonds is 4. The fraction of sp³-hybridized carbons (Fsp3) is 0.471. The van der Waals surface area contributed by atoms with Crippen LogP contribution >= 0.6 is 0 Å². The van der Waals surface area contributed by atoms with Crippen LogP contribution in [0.3, 0.4) is 0 Å². The molecule has 1 N–H and O–H groups in total. The molecule has 0 aliphatic carbocycles. The van der Waals surface area contributed by atoms with Crippen molar-refractivity contribution in [1.82, 2.24) is 19.7 Å². The van der Waals surface area contributed by atoms with Crippen LogP contribution in [0.2, 0.25) is 0 Å². The molecule has 0 radical (unpaired) electrons. The van der Waals surface area contributed by atoms with E-state index in [9.17, 15) is 10.1 Å². The average molecular weight is 311 g/mol. The van der Waals surface area contributed by atoms with Crippen molar-refractivity contribution >= 4 is 0 Å². The van der Waals surface area contributed by atoms with E-state index in [1.165, 1.54) is 4.68 Å². The van der Waals surface area contributed by atoms with Gasteiger partial charge in [0, 0.05) is 12.5 Å². The van der Waals surface area contributed by atoms with Crippen molar-refractivity contribution in [3.05, 3.63) is 51.7 Å². The van der Waals surface area contributed by atoms with Crippen LogP contribution in [0.1, 0.15) is 42.6 Å². The number of nitrogens with zero attached hydrogens (tertiary/aromatic N) is 4. The zero-order chi connectivity index (χ0) is 16.2. The number of hydrogen-bond acceptors (Lipinski definition) is 4. The Morgan fingerprint density at radius 3 is 2.78 bits per heavy atom. The lowest BCUT2D eigenvalue weighted by atomic mass is 9.97. The van der Waals surface area contributed by atoms with Crippen molar-refractivity contribution in [3.8, 4) is 6.07 Å². The zero-order valence-electron chi connectivity index (χ0n) is 13.3. The lowest BCUT2D eigenvalue weighted by Crippen LogP contribution is -2.29. The van der Waals surface area contributed by atoms with E-state index in [4.69, 9.17) is 0 Å². The second-order valence-electron chi connectivity index (χ2n) is 5.84. The van der Waals surface area contributed by atoms with Crippen LogP contribution in [0, 0.1) is 11.3 Å². The normalized spacial score (nSPS) is 15.5. The summed E-state index contributed by atoms with van der Waals surface area (Å²) in [6.45, 7) is 4.87. The molecule has 1 saturated heterocycles. The summed E-state index contributed by atoms with van der Waals surface area (Å²) >= 11 is 0. The van der Waals surface area contributed by atoms with Gasteiger partial charge in [0.05, 0.1) is 18.2 Å². The third kappa shape index (κ3) is 3.06. The summed E-state index contributed by atoms with van der Waals surface area (Å²) in [6.07, 6.45) is 2.01. The zero-order valence-corrected chi connectivity index (χ0v) is 13.3. The van der Waals surface area contributed by atoms with Gasteiger partial charge in [0.1, 0.15) is 5.82 Å². The second kappa shape index (κ2) is 6.80. The van der Waals surface area contributed by atoms with Gasteiger partial charge in [0.25, 0.3) is 0 Å². The van der Waals surface area contributed by atoms with Gasteiger partial charge in [-0.2, -0.15) is 10.4 Å². The van der Waals surface area contributed by atoms with Crippen LogP contribution < -0.4 is 11.0 Å². The van der Waals surface area contributed by atoms with E-state index in [1.54, 1.807) is 10.6 Å². The molecule has 1 fully saturated rings. The number of nitrogens with one attached hydrogen (secondary N) is 1. The smallest absolute Gasteiger partial charge is 0.317 e. The van der Waals surface area contributed by atoms with E-state index >= 15 is 0 Å². The van der Waals surface area contributed by atoms with E-state index in [2.05, 4.69) is 16.5 Å². The van der Waals surface area contributed by atoms with Crippen LogP contribution in [0.15, 0.2) is 29.1 Å². The van der Waals surface area contributed by atoms with Gasteiger partial charge < -0.3 is 5.32 Å². The summed E-state index contributed by atoms with van der Waals surface area (Å²) in [4.78, 5) is 12.6. The lowest BCUT2D eigenvalue weighted by Gasteiger charge is -2.21. The maximum absolute atomic E-state index is 12.6. The van der Waals surface area contributed by atoms with Gasteiger partial charge in [-0.05, 0) is 44.5 Å². The molecule has 1 aliphatic rings. The molecule has 0 saturated carbocycles. The van der Waals surface area contributed by atoms with E-state index in [-0.39, 0.29) is 5.69 Å². The molecule has 1 aliphatic heterocycles. The summed E-state index contributed by atoms with van der Waals surface area (Å²) in [7, 11) is 0. The van der Waals surface area contributed by atoms with Crippen molar-refractivity contribution in [2.45, 2.75) is 38.8 Å². The minimum Gasteiger partial charge on any atom is -0.317 e. The molecule has 1 aromatic carbocycles. The maximum atomic E-state index is 12.6. The van der Waals surface area contributed by atoms with Gasteiger partial charge >= 0.3 is 5.69 Å². The minimum atomic E-state index is -0.0891. The van der Waals surface area contributed by atoms with Gasteiger partial charge in [-0.25, -0.2) is 9.48 Å². The average Bonchev–Trinajstić information content (AvgIpc) is 2.92. The Kier molecular flexibility index (Phi) is 4.58. The van der Waals surface area contributed by atoms with E-state index in [1.807, 2.05) is 25.1 Å². The summed E-state index contributed by atoms with van der Waals surface area (Å²) in [5.74, 6) is 1.21. The first kappa shape index (κ1) is 15.5. The van der Waals surface area contributed by atoms with Crippen LogP contribution in [0.4, 0.5) is 0 Å². The van der Waals surface area contributed by atoms with Gasteiger partial charge in [0.2, 0.25) is 0 Å². The summed E-state index contributed by atoms with van der Waals surface area (Å²) in [6, 6.07) is 9.53. The molecular formula is C17H21N5O. The Morgan fingerprint density at radius 2 is 2.09 bits per heavy atom. The first-order chi connectivity index (χ1) is 11.2. The second-order valence-corrected chi connectivity index (χ2v) is 5.84. The molecule has 120 valence electrons. The predicted molar refractivity (Wildman–Crippen MR) is 87.3 cm³/mol. The van der Waals surface area contributed by atoms with Gasteiger partial charge in [-0.15, -0.1) is 0 Å². The van der Waals surface area contributed by atoms with Crippen LogP contribution in [-0.2, 0) is 13.1 Å². The van der Waals surface area contributed by atoms with Crippen molar-refractivity contribution < 1.29 is 0 Å². The molecule has 6 nitrogen and oxygen atoms in total. The third-order valence-corrected chi connectivity index (χ3v) is 4.43. The molecule has 2 aromatic rings. The van der Waals surface area contributed by atoms with E-state index in [0.29, 0.717) is 24.6 Å². The molecule has 0 atom stereocenters. The SMILES string of the molecule is CCn1c(C2CCNCC2)nn(Cc2ccccc2C#N)c1=O. The van der Waals surface area contributed by atoms with E-state index in [0.717, 1.165) is 37.3 Å². The molecule has 0 bridgehead atoms. The molecule has 3 rings (SSSR count). The van der Waals surface area contributed by atoms with Gasteiger partial charge in [0.15, 0.2) is 0 Å². The number of benzene rings is 1. The fourth-order valence-corrected chi connectivity index (χ4v) is 3.17. The summed E-state index contributed by atoms with van der Waals surface area (Å²) in [5.41, 5.74) is 1.33. The summed E-state index contributed by atoms with van der Waals surface area (Å²) in [5, 5.41) is 17.2. The third-order valence-electron chi connectivity index (χ3n) is 4.43. The topological polar surface area (TPSA) is 75.6 Å². The van der Waals surface area contributed by atoms with Gasteiger partial charge in [-0.1, -0.05) is 18.2 Å². The highest BCUT2D eigenvalue weighted by atomic mass is 16.2. The largest absolute Gasteiger partial charge is 0.346 e. The molecule has 23 heavy (non-hydrogen) atoms. The van der Waals surface area contributed by atoms with Crippen LogP contribution in [0.25, 0.3) is 0 Å². The highest BCUT2D eigenvalue weighted by Crippen LogP contribution is 2.22. The number of aromatic nitrogens is 3. The predicted octanol–water partition coefficient (Wildman–Crippen LogP) is 1.45. The number of piperidine rings is 1. The molecule has 6 heteroatoms. The fourth-order valence-electron chi connectivity index (χ4n) is 3.17. The standard InChI is InChI=1S/C17H21N5O/c1-2-21-16(13-7-9-19-10-8-13)20-22(17(21)23)12-15-6-4-3-5-14(15)11-18/h3-6,13,19H,2,7-10,12H2,1H3. The monoisotopic (exact) mass is 311 g/mol. The lowest BCUT2D eigenvalue weighted by molar-refractivity contribution is 0.429. The maximum Gasteiger partial charge on any atom is 0.346 e. The Morgan fingerprint density at radius 1 is 1.35 bits per heavy atom. The number of hydrogen-bond donors (Lipinski definition) is 1. The summed E-state index contributed by atoms with van der Waals surface area (Å²) < 4.78 is 3.27. The minimum absolute atomic E-state index is 0.0891. The van der Waals surface area contributed by atoms with Crippen molar-refractivity contribution in [1.29, 1.82) is 5.26 Å². The Bertz CT molecular complexity index is 777. The Hall–Kier alpha value is -2.39. The number of nitriles is 1. The Labute approximate surface area is 135 Å². The van der Waals surface area contributed by atoms with Crippen LogP contribution in [-0.4, -0.2) is 27.4 Å². The van der Waals surface area contributed by atoms with Crippen LogP contribution in [0.5, 0.6) is 0 Å². The molecule has 0 spiro atoms. The molecular weight excluding hydrogens is 290 g/mol. The molecule has 0 unspecified atom stereocenters. The molecule has 2 heterocycles. The highest BCUT2D eigenvalue weighted by Gasteiger charge is 2.23. The highest BCUT2D eigenvalue weighted by molar-refractivity contribution is 5.37. The van der Waals surface area contributed by atoms with E-state index < -0.39 is 0 Å².